The smallest absolute Gasteiger partial charge is 0.0991 e. The van der Waals surface area contributed by atoms with Crippen molar-refractivity contribution in [1.29, 1.82) is 5.26 Å². The fraction of sp³-hybridized carbons (Fsp3) is 0.278. The van der Waals surface area contributed by atoms with Gasteiger partial charge < -0.3 is 5.32 Å². The number of halogens is 1. The van der Waals surface area contributed by atoms with Crippen LogP contribution in [0.4, 0.5) is 0 Å². The molecule has 2 aromatic carbocycles. The van der Waals surface area contributed by atoms with Gasteiger partial charge in [-0.3, -0.25) is 0 Å². The first-order chi connectivity index (χ1) is 10.2. The van der Waals surface area contributed by atoms with E-state index in [1.54, 1.807) is 0 Å². The van der Waals surface area contributed by atoms with E-state index < -0.39 is 0 Å². The molecule has 1 saturated carbocycles. The Hall–Kier alpha value is -1.82. The standard InChI is InChI=1S/C18H17ClN2/c19-17-6-4-15(5-7-17)16-9-18(10-16)21-12-14-3-1-2-13(8-14)11-20/h1-8,16,18,21H,9-10,12H2. The fourth-order valence-corrected chi connectivity index (χ4v) is 2.93. The largest absolute Gasteiger partial charge is 0.310 e. The predicted octanol–water partition coefficient (Wildman–Crippen LogP) is 4.25. The van der Waals surface area contributed by atoms with Gasteiger partial charge in [-0.2, -0.15) is 5.26 Å². The van der Waals surface area contributed by atoms with Gasteiger partial charge in [0.15, 0.2) is 0 Å². The van der Waals surface area contributed by atoms with Crippen molar-refractivity contribution in [2.24, 2.45) is 0 Å². The van der Waals surface area contributed by atoms with Gasteiger partial charge in [0.25, 0.3) is 0 Å². The average molecular weight is 297 g/mol. The topological polar surface area (TPSA) is 35.8 Å². The lowest BCUT2D eigenvalue weighted by atomic mass is 9.76. The van der Waals surface area contributed by atoms with E-state index in [0.717, 1.165) is 17.1 Å². The fourth-order valence-electron chi connectivity index (χ4n) is 2.80. The normalized spacial score (nSPS) is 20.6. The zero-order valence-corrected chi connectivity index (χ0v) is 12.5. The Bertz CT molecular complexity index is 652. The molecule has 1 N–H and O–H groups in total. The molecule has 2 nitrogen and oxygen atoms in total. The molecule has 106 valence electrons. The van der Waals surface area contributed by atoms with Crippen molar-refractivity contribution in [1.82, 2.24) is 5.32 Å². The van der Waals surface area contributed by atoms with Crippen molar-refractivity contribution in [3.8, 4) is 6.07 Å². The second kappa shape index (κ2) is 6.30. The van der Waals surface area contributed by atoms with Gasteiger partial charge in [0, 0.05) is 17.6 Å². The molecule has 0 aromatic heterocycles. The maximum Gasteiger partial charge on any atom is 0.0991 e. The molecule has 0 bridgehead atoms. The van der Waals surface area contributed by atoms with E-state index in [1.165, 1.54) is 24.0 Å². The van der Waals surface area contributed by atoms with Gasteiger partial charge in [-0.15, -0.1) is 0 Å². The van der Waals surface area contributed by atoms with Crippen LogP contribution in [0.1, 0.15) is 35.4 Å². The van der Waals surface area contributed by atoms with Gasteiger partial charge in [-0.1, -0.05) is 35.9 Å². The zero-order chi connectivity index (χ0) is 14.7. The monoisotopic (exact) mass is 296 g/mol. The van der Waals surface area contributed by atoms with Crippen molar-refractivity contribution in [3.63, 3.8) is 0 Å². The Labute approximate surface area is 130 Å². The van der Waals surface area contributed by atoms with Gasteiger partial charge in [0.1, 0.15) is 0 Å². The lowest BCUT2D eigenvalue weighted by Gasteiger charge is -2.36. The molecule has 2 aromatic rings. The van der Waals surface area contributed by atoms with Crippen LogP contribution in [0.15, 0.2) is 48.5 Å². The highest BCUT2D eigenvalue weighted by Crippen LogP contribution is 2.37. The van der Waals surface area contributed by atoms with E-state index in [-0.39, 0.29) is 0 Å². The molecule has 0 radical (unpaired) electrons. The number of benzene rings is 2. The number of hydrogen-bond donors (Lipinski definition) is 1. The molecule has 0 heterocycles. The molecule has 3 rings (SSSR count). The third kappa shape index (κ3) is 3.44. The van der Waals surface area contributed by atoms with Crippen LogP contribution >= 0.6 is 11.6 Å². The Morgan fingerprint density at radius 3 is 2.62 bits per heavy atom. The van der Waals surface area contributed by atoms with Gasteiger partial charge in [-0.05, 0) is 54.2 Å². The average Bonchev–Trinajstić information content (AvgIpc) is 2.47. The summed E-state index contributed by atoms with van der Waals surface area (Å²) in [6.07, 6.45) is 2.33. The molecular weight excluding hydrogens is 280 g/mol. The minimum absolute atomic E-state index is 0.566. The van der Waals surface area contributed by atoms with Crippen molar-refractivity contribution in [2.45, 2.75) is 31.3 Å². The summed E-state index contributed by atoms with van der Waals surface area (Å²) in [4.78, 5) is 0. The Morgan fingerprint density at radius 1 is 1.14 bits per heavy atom. The summed E-state index contributed by atoms with van der Waals surface area (Å²) in [6, 6.07) is 18.7. The lowest BCUT2D eigenvalue weighted by Crippen LogP contribution is -2.39. The van der Waals surface area contributed by atoms with Crippen molar-refractivity contribution < 1.29 is 0 Å². The van der Waals surface area contributed by atoms with Crippen molar-refractivity contribution in [3.05, 3.63) is 70.2 Å². The third-order valence-electron chi connectivity index (χ3n) is 4.13. The number of hydrogen-bond acceptors (Lipinski definition) is 2. The van der Waals surface area contributed by atoms with Crippen molar-refractivity contribution >= 4 is 11.6 Å². The maximum atomic E-state index is 8.90. The summed E-state index contributed by atoms with van der Waals surface area (Å²) in [5.74, 6) is 0.644. The molecule has 3 heteroatoms. The summed E-state index contributed by atoms with van der Waals surface area (Å²) < 4.78 is 0. The van der Waals surface area contributed by atoms with E-state index in [0.29, 0.717) is 12.0 Å². The minimum Gasteiger partial charge on any atom is -0.310 e. The third-order valence-corrected chi connectivity index (χ3v) is 4.38. The van der Waals surface area contributed by atoms with Crippen LogP contribution in [0.3, 0.4) is 0 Å². The van der Waals surface area contributed by atoms with Crippen LogP contribution in [0.5, 0.6) is 0 Å². The molecule has 0 unspecified atom stereocenters. The Balaban J connectivity index is 1.49. The highest BCUT2D eigenvalue weighted by Gasteiger charge is 2.29. The first kappa shape index (κ1) is 14.1. The number of nitrogens with zero attached hydrogens (tertiary/aromatic N) is 1. The Kier molecular flexibility index (Phi) is 4.24. The van der Waals surface area contributed by atoms with E-state index >= 15 is 0 Å². The summed E-state index contributed by atoms with van der Waals surface area (Å²) in [5, 5.41) is 13.3. The lowest BCUT2D eigenvalue weighted by molar-refractivity contribution is 0.289. The van der Waals surface area contributed by atoms with Gasteiger partial charge in [-0.25, -0.2) is 0 Å². The molecule has 0 saturated heterocycles. The molecule has 21 heavy (non-hydrogen) atoms. The zero-order valence-electron chi connectivity index (χ0n) is 11.7. The van der Waals surface area contributed by atoms with E-state index in [9.17, 15) is 0 Å². The predicted molar refractivity (Wildman–Crippen MR) is 85.2 cm³/mol. The van der Waals surface area contributed by atoms with Crippen LogP contribution in [0.2, 0.25) is 5.02 Å². The molecule has 1 aliphatic carbocycles. The van der Waals surface area contributed by atoms with Crippen molar-refractivity contribution in [2.75, 3.05) is 0 Å². The number of rotatable bonds is 4. The highest BCUT2D eigenvalue weighted by atomic mass is 35.5. The summed E-state index contributed by atoms with van der Waals surface area (Å²) in [6.45, 7) is 0.827. The van der Waals surface area contributed by atoms with E-state index in [1.807, 2.05) is 30.3 Å². The highest BCUT2D eigenvalue weighted by molar-refractivity contribution is 6.30. The number of nitriles is 1. The van der Waals surface area contributed by atoms with Crippen LogP contribution < -0.4 is 5.32 Å². The SMILES string of the molecule is N#Cc1cccc(CNC2CC(c3ccc(Cl)cc3)C2)c1. The second-order valence-corrected chi connectivity index (χ2v) is 6.05. The molecule has 1 fully saturated rings. The minimum atomic E-state index is 0.566. The summed E-state index contributed by atoms with van der Waals surface area (Å²) in [5.41, 5.74) is 3.27. The van der Waals surface area contributed by atoms with Gasteiger partial charge in [0.05, 0.1) is 11.6 Å². The van der Waals surface area contributed by atoms with Crippen LogP contribution in [-0.4, -0.2) is 6.04 Å². The van der Waals surface area contributed by atoms with Crippen LogP contribution in [0, 0.1) is 11.3 Å². The summed E-state index contributed by atoms with van der Waals surface area (Å²) >= 11 is 5.91. The Morgan fingerprint density at radius 2 is 1.90 bits per heavy atom. The first-order valence-electron chi connectivity index (χ1n) is 7.22. The second-order valence-electron chi connectivity index (χ2n) is 5.61. The summed E-state index contributed by atoms with van der Waals surface area (Å²) in [7, 11) is 0. The number of nitrogens with one attached hydrogen (secondary N) is 1. The van der Waals surface area contributed by atoms with Crippen LogP contribution in [-0.2, 0) is 6.54 Å². The first-order valence-corrected chi connectivity index (χ1v) is 7.60. The molecular formula is C18H17ClN2. The maximum absolute atomic E-state index is 8.90. The molecule has 0 aliphatic heterocycles. The molecule has 0 amide bonds. The molecule has 1 aliphatic rings. The van der Waals surface area contributed by atoms with Gasteiger partial charge >= 0.3 is 0 Å². The van der Waals surface area contributed by atoms with Crippen LogP contribution in [0.25, 0.3) is 0 Å². The van der Waals surface area contributed by atoms with Gasteiger partial charge in [0.2, 0.25) is 0 Å². The quantitative estimate of drug-likeness (QED) is 0.915. The van der Waals surface area contributed by atoms with E-state index in [4.69, 9.17) is 16.9 Å². The van der Waals surface area contributed by atoms with E-state index in [2.05, 4.69) is 29.6 Å². The molecule has 0 atom stereocenters. The molecule has 0 spiro atoms.